The highest BCUT2D eigenvalue weighted by Gasteiger charge is 2.46. The first-order valence-corrected chi connectivity index (χ1v) is 4.12. The molecule has 0 spiro atoms. The number of carbonyl (C=O) groups is 3. The van der Waals surface area contributed by atoms with E-state index < -0.39 is 29.2 Å². The summed E-state index contributed by atoms with van der Waals surface area (Å²) in [5, 5.41) is 9.67. The van der Waals surface area contributed by atoms with Gasteiger partial charge in [0, 0.05) is 0 Å². The van der Waals surface area contributed by atoms with E-state index in [0.717, 1.165) is 5.01 Å². The first-order valence-electron chi connectivity index (χ1n) is 4.12. The SMILES string of the molecule is CC(C)(C)N1NC(C(=O)O)C(=O)C1=O. The van der Waals surface area contributed by atoms with E-state index in [9.17, 15) is 14.4 Å². The summed E-state index contributed by atoms with van der Waals surface area (Å²) in [5.41, 5.74) is 1.75. The minimum atomic E-state index is -1.44. The molecule has 1 saturated heterocycles. The number of nitrogens with one attached hydrogen (secondary N) is 1. The van der Waals surface area contributed by atoms with Gasteiger partial charge in [0.25, 0.3) is 5.78 Å². The molecule has 6 nitrogen and oxygen atoms in total. The highest BCUT2D eigenvalue weighted by atomic mass is 16.4. The van der Waals surface area contributed by atoms with Gasteiger partial charge < -0.3 is 5.11 Å². The van der Waals surface area contributed by atoms with Gasteiger partial charge in [0.2, 0.25) is 0 Å². The van der Waals surface area contributed by atoms with Gasteiger partial charge >= 0.3 is 11.9 Å². The standard InChI is InChI=1S/C8H12N2O4/c1-8(2,3)10-6(12)5(11)4(9-10)7(13)14/h4,9H,1-3H3,(H,13,14). The largest absolute Gasteiger partial charge is 0.480 e. The molecule has 1 unspecified atom stereocenters. The lowest BCUT2D eigenvalue weighted by Gasteiger charge is -2.30. The second kappa shape index (κ2) is 3.06. The van der Waals surface area contributed by atoms with Crippen molar-refractivity contribution in [1.29, 1.82) is 0 Å². The average Bonchev–Trinajstić information content (AvgIpc) is 2.28. The Balaban J connectivity index is 2.94. The minimum Gasteiger partial charge on any atom is -0.480 e. The number of aliphatic carboxylic acids is 1. The molecular formula is C8H12N2O4. The molecule has 0 saturated carbocycles. The van der Waals surface area contributed by atoms with Crippen LogP contribution in [-0.2, 0) is 14.4 Å². The third-order valence-corrected chi connectivity index (χ3v) is 1.85. The lowest BCUT2D eigenvalue weighted by atomic mass is 10.1. The fourth-order valence-corrected chi connectivity index (χ4v) is 1.15. The zero-order valence-corrected chi connectivity index (χ0v) is 8.20. The Morgan fingerprint density at radius 2 is 1.93 bits per heavy atom. The Kier molecular flexibility index (Phi) is 2.32. The number of carboxylic acids is 1. The molecule has 0 aromatic rings. The van der Waals surface area contributed by atoms with E-state index in [0.29, 0.717) is 0 Å². The molecule has 1 atom stereocenters. The van der Waals surface area contributed by atoms with Crippen molar-refractivity contribution in [3.8, 4) is 0 Å². The summed E-state index contributed by atoms with van der Waals surface area (Å²) in [5.74, 6) is -3.06. The predicted molar refractivity (Wildman–Crippen MR) is 46.2 cm³/mol. The number of amides is 1. The summed E-state index contributed by atoms with van der Waals surface area (Å²) in [6.45, 7) is 5.11. The van der Waals surface area contributed by atoms with Gasteiger partial charge in [-0.25, -0.2) is 10.2 Å². The molecular weight excluding hydrogens is 188 g/mol. The van der Waals surface area contributed by atoms with Gasteiger partial charge in [0.15, 0.2) is 6.04 Å². The zero-order valence-electron chi connectivity index (χ0n) is 8.20. The van der Waals surface area contributed by atoms with Gasteiger partial charge in [-0.2, -0.15) is 0 Å². The minimum absolute atomic E-state index is 0.614. The van der Waals surface area contributed by atoms with Crippen molar-refractivity contribution < 1.29 is 19.5 Å². The van der Waals surface area contributed by atoms with E-state index in [1.54, 1.807) is 20.8 Å². The molecule has 1 amide bonds. The van der Waals surface area contributed by atoms with Gasteiger partial charge in [-0.05, 0) is 20.8 Å². The lowest BCUT2D eigenvalue weighted by molar-refractivity contribution is -0.146. The van der Waals surface area contributed by atoms with Crippen LogP contribution < -0.4 is 5.43 Å². The first-order chi connectivity index (χ1) is 6.25. The molecule has 78 valence electrons. The van der Waals surface area contributed by atoms with Crippen LogP contribution in [0, 0.1) is 0 Å². The van der Waals surface area contributed by atoms with Crippen LogP contribution in [0.15, 0.2) is 0 Å². The molecule has 0 bridgehead atoms. The molecule has 0 radical (unpaired) electrons. The number of carboxylic acid groups (broad SMARTS) is 1. The Hall–Kier alpha value is -1.43. The number of hydrogen-bond donors (Lipinski definition) is 2. The van der Waals surface area contributed by atoms with Gasteiger partial charge in [0.05, 0.1) is 5.54 Å². The van der Waals surface area contributed by atoms with Gasteiger partial charge in [0.1, 0.15) is 0 Å². The first kappa shape index (κ1) is 10.6. The Bertz CT molecular complexity index is 305. The highest BCUT2D eigenvalue weighted by Crippen LogP contribution is 2.16. The molecule has 1 heterocycles. The van der Waals surface area contributed by atoms with E-state index >= 15 is 0 Å². The maximum Gasteiger partial charge on any atom is 0.330 e. The predicted octanol–water partition coefficient (Wildman–Crippen LogP) is -0.846. The molecule has 0 aromatic carbocycles. The number of hydrazine groups is 1. The van der Waals surface area contributed by atoms with Crippen LogP contribution in [0.1, 0.15) is 20.8 Å². The summed E-state index contributed by atoms with van der Waals surface area (Å²) >= 11 is 0. The maximum atomic E-state index is 11.3. The average molecular weight is 200 g/mol. The zero-order chi connectivity index (χ0) is 11.1. The summed E-state index contributed by atoms with van der Waals surface area (Å²) < 4.78 is 0. The summed E-state index contributed by atoms with van der Waals surface area (Å²) in [6, 6.07) is -1.44. The highest BCUT2D eigenvalue weighted by molar-refractivity contribution is 6.43. The van der Waals surface area contributed by atoms with Gasteiger partial charge in [-0.3, -0.25) is 14.6 Å². The molecule has 0 aromatic heterocycles. The van der Waals surface area contributed by atoms with E-state index in [1.165, 1.54) is 0 Å². The third kappa shape index (κ3) is 1.60. The molecule has 1 fully saturated rings. The molecule has 1 aliphatic rings. The Labute approximate surface area is 80.8 Å². The number of hydrogen-bond acceptors (Lipinski definition) is 4. The molecule has 2 N–H and O–H groups in total. The molecule has 1 rings (SSSR count). The quantitative estimate of drug-likeness (QED) is 0.425. The van der Waals surface area contributed by atoms with Crippen molar-refractivity contribution in [3.05, 3.63) is 0 Å². The monoisotopic (exact) mass is 200 g/mol. The summed E-state index contributed by atoms with van der Waals surface area (Å²) in [4.78, 5) is 33.1. The van der Waals surface area contributed by atoms with Crippen molar-refractivity contribution in [2.45, 2.75) is 32.4 Å². The maximum absolute atomic E-state index is 11.3. The Morgan fingerprint density at radius 3 is 2.14 bits per heavy atom. The van der Waals surface area contributed by atoms with Crippen LogP contribution in [0.4, 0.5) is 0 Å². The van der Waals surface area contributed by atoms with Crippen LogP contribution in [0.3, 0.4) is 0 Å². The number of carbonyl (C=O) groups excluding carboxylic acids is 2. The third-order valence-electron chi connectivity index (χ3n) is 1.85. The number of nitrogens with zero attached hydrogens (tertiary/aromatic N) is 1. The molecule has 6 heteroatoms. The van der Waals surface area contributed by atoms with Gasteiger partial charge in [-0.1, -0.05) is 0 Å². The number of ketones is 1. The lowest BCUT2D eigenvalue weighted by Crippen LogP contribution is -2.51. The van der Waals surface area contributed by atoms with Crippen LogP contribution in [0.5, 0.6) is 0 Å². The fourth-order valence-electron chi connectivity index (χ4n) is 1.15. The van der Waals surface area contributed by atoms with E-state index in [2.05, 4.69) is 5.43 Å². The van der Waals surface area contributed by atoms with E-state index in [1.807, 2.05) is 0 Å². The summed E-state index contributed by atoms with van der Waals surface area (Å²) in [6.07, 6.45) is 0. The second-order valence-corrected chi connectivity index (χ2v) is 4.08. The van der Waals surface area contributed by atoms with Crippen molar-refractivity contribution in [3.63, 3.8) is 0 Å². The second-order valence-electron chi connectivity index (χ2n) is 4.08. The normalized spacial score (nSPS) is 23.1. The molecule has 14 heavy (non-hydrogen) atoms. The topological polar surface area (TPSA) is 86.7 Å². The Morgan fingerprint density at radius 1 is 1.43 bits per heavy atom. The smallest absolute Gasteiger partial charge is 0.330 e. The summed E-state index contributed by atoms with van der Waals surface area (Å²) in [7, 11) is 0. The fraction of sp³-hybridized carbons (Fsp3) is 0.625. The van der Waals surface area contributed by atoms with Crippen LogP contribution in [0.25, 0.3) is 0 Å². The van der Waals surface area contributed by atoms with Crippen LogP contribution in [-0.4, -0.2) is 39.4 Å². The van der Waals surface area contributed by atoms with Crippen molar-refractivity contribution >= 4 is 17.7 Å². The number of Topliss-reactive ketones (excluding diaryl/α,β-unsaturated/α-hetero) is 1. The van der Waals surface area contributed by atoms with Crippen LogP contribution in [0.2, 0.25) is 0 Å². The van der Waals surface area contributed by atoms with Crippen molar-refractivity contribution in [2.75, 3.05) is 0 Å². The number of rotatable bonds is 1. The van der Waals surface area contributed by atoms with Crippen molar-refractivity contribution in [2.24, 2.45) is 0 Å². The van der Waals surface area contributed by atoms with Crippen LogP contribution >= 0.6 is 0 Å². The van der Waals surface area contributed by atoms with Crippen molar-refractivity contribution in [1.82, 2.24) is 10.4 Å². The van der Waals surface area contributed by atoms with Gasteiger partial charge in [-0.15, -0.1) is 0 Å². The van der Waals surface area contributed by atoms with E-state index in [-0.39, 0.29) is 0 Å². The molecule has 1 aliphatic heterocycles. The molecule has 0 aliphatic carbocycles. The van der Waals surface area contributed by atoms with E-state index in [4.69, 9.17) is 5.11 Å².